The molecular weight excluding hydrogens is 324 g/mol. The second-order valence-electron chi connectivity index (χ2n) is 8.57. The fraction of sp³-hybridized carbons (Fsp3) is 0.556. The van der Waals surface area contributed by atoms with Gasteiger partial charge in [0.2, 0.25) is 0 Å². The van der Waals surface area contributed by atoms with E-state index in [4.69, 9.17) is 0 Å². The first-order valence-corrected chi connectivity index (χ1v) is 11.5. The third-order valence-electron chi connectivity index (χ3n) is 6.31. The van der Waals surface area contributed by atoms with Crippen LogP contribution in [0.1, 0.15) is 95.6 Å². The molecule has 2 aromatic rings. The first kappa shape index (κ1) is 20.2. The van der Waals surface area contributed by atoms with Crippen molar-refractivity contribution >= 4 is 16.3 Å². The van der Waals surface area contributed by atoms with E-state index in [0.717, 1.165) is 5.92 Å². The van der Waals surface area contributed by atoms with E-state index < -0.39 is 0 Å². The maximum atomic E-state index is 2.51. The SMILES string of the molecule is CCCCCCCCc1ccc2cc(C3=CCC(CCC)CC3)ccc2c1. The molecule has 0 saturated heterocycles. The van der Waals surface area contributed by atoms with Gasteiger partial charge >= 0.3 is 0 Å². The highest BCUT2D eigenvalue weighted by atomic mass is 14.2. The van der Waals surface area contributed by atoms with Crippen LogP contribution < -0.4 is 0 Å². The molecule has 2 aromatic carbocycles. The summed E-state index contributed by atoms with van der Waals surface area (Å²) < 4.78 is 0. The zero-order chi connectivity index (χ0) is 18.9. The fourth-order valence-electron chi connectivity index (χ4n) is 4.58. The van der Waals surface area contributed by atoms with Crippen LogP contribution in [0.5, 0.6) is 0 Å². The van der Waals surface area contributed by atoms with E-state index in [-0.39, 0.29) is 0 Å². The van der Waals surface area contributed by atoms with Gasteiger partial charge in [0.05, 0.1) is 0 Å². The van der Waals surface area contributed by atoms with Crippen LogP contribution in [0.4, 0.5) is 0 Å². The van der Waals surface area contributed by atoms with Crippen LogP contribution >= 0.6 is 0 Å². The average Bonchev–Trinajstić information content (AvgIpc) is 2.71. The lowest BCUT2D eigenvalue weighted by atomic mass is 9.84. The van der Waals surface area contributed by atoms with Gasteiger partial charge in [-0.15, -0.1) is 0 Å². The summed E-state index contributed by atoms with van der Waals surface area (Å²) in [6.45, 7) is 4.60. The predicted octanol–water partition coefficient (Wildman–Crippen LogP) is 8.73. The summed E-state index contributed by atoms with van der Waals surface area (Å²) in [7, 11) is 0. The van der Waals surface area contributed by atoms with Crippen molar-refractivity contribution in [2.24, 2.45) is 5.92 Å². The van der Waals surface area contributed by atoms with Gasteiger partial charge < -0.3 is 0 Å². The lowest BCUT2D eigenvalue weighted by Crippen LogP contribution is -2.05. The van der Waals surface area contributed by atoms with Gasteiger partial charge in [0, 0.05) is 0 Å². The second-order valence-corrected chi connectivity index (χ2v) is 8.57. The molecule has 0 spiro atoms. The number of unbranched alkanes of at least 4 members (excludes halogenated alkanes) is 5. The van der Waals surface area contributed by atoms with Gasteiger partial charge in [0.1, 0.15) is 0 Å². The van der Waals surface area contributed by atoms with Crippen LogP contribution in [0.25, 0.3) is 16.3 Å². The Hall–Kier alpha value is -1.56. The number of allylic oxidation sites excluding steroid dienone is 2. The lowest BCUT2D eigenvalue weighted by molar-refractivity contribution is 0.445. The van der Waals surface area contributed by atoms with Crippen LogP contribution in [0.2, 0.25) is 0 Å². The number of hydrogen-bond acceptors (Lipinski definition) is 0. The number of aryl methyl sites for hydroxylation is 1. The molecule has 0 aromatic heterocycles. The maximum absolute atomic E-state index is 2.51. The standard InChI is InChI=1S/C27H38/c1-3-5-6-7-8-9-11-23-14-17-27-21-26(19-18-25(27)20-23)24-15-12-22(10-4-2)13-16-24/h14-15,17-22H,3-13,16H2,1-2H3. The lowest BCUT2D eigenvalue weighted by Gasteiger charge is -2.21. The van der Waals surface area contributed by atoms with Crippen LogP contribution in [-0.4, -0.2) is 0 Å². The summed E-state index contributed by atoms with van der Waals surface area (Å²) in [6.07, 6.45) is 18.6. The van der Waals surface area contributed by atoms with Crippen molar-refractivity contribution in [3.63, 3.8) is 0 Å². The van der Waals surface area contributed by atoms with Crippen LogP contribution in [-0.2, 0) is 6.42 Å². The molecule has 1 aliphatic carbocycles. The van der Waals surface area contributed by atoms with Gasteiger partial charge in [-0.3, -0.25) is 0 Å². The highest BCUT2D eigenvalue weighted by molar-refractivity contribution is 5.87. The molecule has 0 heteroatoms. The first-order valence-electron chi connectivity index (χ1n) is 11.5. The normalized spacial score (nSPS) is 17.3. The Morgan fingerprint density at radius 2 is 1.59 bits per heavy atom. The smallest absolute Gasteiger partial charge is 0.0178 e. The van der Waals surface area contributed by atoms with Crippen molar-refractivity contribution < 1.29 is 0 Å². The van der Waals surface area contributed by atoms with Crippen molar-refractivity contribution in [2.45, 2.75) is 90.9 Å². The van der Waals surface area contributed by atoms with Crippen molar-refractivity contribution in [2.75, 3.05) is 0 Å². The molecular formula is C27H38. The summed E-state index contributed by atoms with van der Waals surface area (Å²) in [6, 6.07) is 14.2. The maximum Gasteiger partial charge on any atom is -0.0178 e. The topological polar surface area (TPSA) is 0 Å². The molecule has 27 heavy (non-hydrogen) atoms. The van der Waals surface area contributed by atoms with E-state index in [9.17, 15) is 0 Å². The van der Waals surface area contributed by atoms with Gasteiger partial charge in [0.15, 0.2) is 0 Å². The first-order chi connectivity index (χ1) is 13.3. The molecule has 1 atom stereocenters. The molecule has 0 heterocycles. The zero-order valence-electron chi connectivity index (χ0n) is 17.6. The van der Waals surface area contributed by atoms with Gasteiger partial charge in [-0.05, 0) is 71.6 Å². The molecule has 1 aliphatic rings. The Labute approximate surface area is 167 Å². The van der Waals surface area contributed by atoms with E-state index in [2.05, 4.69) is 56.3 Å². The van der Waals surface area contributed by atoms with Crippen LogP contribution in [0.15, 0.2) is 42.5 Å². The predicted molar refractivity (Wildman–Crippen MR) is 121 cm³/mol. The Kier molecular flexibility index (Phi) is 7.99. The molecule has 0 amide bonds. The quantitative estimate of drug-likeness (QED) is 0.371. The van der Waals surface area contributed by atoms with Crippen molar-refractivity contribution in [3.05, 3.63) is 53.6 Å². The zero-order valence-corrected chi connectivity index (χ0v) is 17.6. The number of hydrogen-bond donors (Lipinski definition) is 0. The highest BCUT2D eigenvalue weighted by Crippen LogP contribution is 2.33. The van der Waals surface area contributed by atoms with Crippen molar-refractivity contribution in [3.8, 4) is 0 Å². The molecule has 0 bridgehead atoms. The number of benzene rings is 2. The highest BCUT2D eigenvalue weighted by Gasteiger charge is 2.14. The largest absolute Gasteiger partial charge is 0.0804 e. The molecule has 0 fully saturated rings. The molecule has 0 aliphatic heterocycles. The average molecular weight is 363 g/mol. The Morgan fingerprint density at radius 3 is 2.37 bits per heavy atom. The van der Waals surface area contributed by atoms with Crippen molar-refractivity contribution in [1.29, 1.82) is 0 Å². The molecule has 0 nitrogen and oxygen atoms in total. The summed E-state index contributed by atoms with van der Waals surface area (Å²) in [5.41, 5.74) is 4.52. The minimum Gasteiger partial charge on any atom is -0.0804 e. The Morgan fingerprint density at radius 1 is 0.815 bits per heavy atom. The minimum absolute atomic E-state index is 0.920. The number of fused-ring (bicyclic) bond motifs is 1. The van der Waals surface area contributed by atoms with E-state index in [1.807, 2.05) is 0 Å². The molecule has 146 valence electrons. The Bertz CT molecular complexity index is 737. The molecule has 0 saturated carbocycles. The summed E-state index contributed by atoms with van der Waals surface area (Å²) >= 11 is 0. The Balaban J connectivity index is 1.58. The van der Waals surface area contributed by atoms with E-state index in [1.54, 1.807) is 5.57 Å². The van der Waals surface area contributed by atoms with Gasteiger partial charge in [0.25, 0.3) is 0 Å². The summed E-state index contributed by atoms with van der Waals surface area (Å²) in [5.74, 6) is 0.920. The third-order valence-corrected chi connectivity index (χ3v) is 6.31. The van der Waals surface area contributed by atoms with Gasteiger partial charge in [-0.25, -0.2) is 0 Å². The van der Waals surface area contributed by atoms with Crippen LogP contribution in [0, 0.1) is 5.92 Å². The fourth-order valence-corrected chi connectivity index (χ4v) is 4.58. The molecule has 3 rings (SSSR count). The molecule has 0 radical (unpaired) electrons. The van der Waals surface area contributed by atoms with Crippen molar-refractivity contribution in [1.82, 2.24) is 0 Å². The molecule has 1 unspecified atom stereocenters. The van der Waals surface area contributed by atoms with E-state index in [0.29, 0.717) is 0 Å². The van der Waals surface area contributed by atoms with Crippen LogP contribution in [0.3, 0.4) is 0 Å². The van der Waals surface area contributed by atoms with Gasteiger partial charge in [-0.2, -0.15) is 0 Å². The minimum atomic E-state index is 0.920. The second kappa shape index (κ2) is 10.7. The molecule has 0 N–H and O–H groups in total. The number of rotatable bonds is 10. The van der Waals surface area contributed by atoms with Gasteiger partial charge in [-0.1, -0.05) is 95.2 Å². The van der Waals surface area contributed by atoms with E-state index >= 15 is 0 Å². The summed E-state index contributed by atoms with van der Waals surface area (Å²) in [4.78, 5) is 0. The van der Waals surface area contributed by atoms with E-state index in [1.165, 1.54) is 98.9 Å². The summed E-state index contributed by atoms with van der Waals surface area (Å²) in [5, 5.41) is 2.80. The monoisotopic (exact) mass is 362 g/mol. The third kappa shape index (κ3) is 5.96.